The van der Waals surface area contributed by atoms with E-state index >= 15 is 0 Å². The van der Waals surface area contributed by atoms with Crippen LogP contribution in [0, 0.1) is 6.92 Å². The van der Waals surface area contributed by atoms with E-state index in [0.717, 1.165) is 18.4 Å². The molecule has 0 bridgehead atoms. The predicted molar refractivity (Wildman–Crippen MR) is 68.7 cm³/mol. The van der Waals surface area contributed by atoms with Gasteiger partial charge >= 0.3 is 0 Å². The summed E-state index contributed by atoms with van der Waals surface area (Å²) in [5, 5.41) is 0. The highest BCUT2D eigenvalue weighted by Crippen LogP contribution is 2.31. The van der Waals surface area contributed by atoms with E-state index in [1.807, 2.05) is 24.0 Å². The Kier molecular flexibility index (Phi) is 3.24. The first-order valence-corrected chi connectivity index (χ1v) is 6.69. The maximum atomic E-state index is 12.4. The Morgan fingerprint density at radius 1 is 1.32 bits per heavy atom. The molecule has 0 aromatic carbocycles. The highest BCUT2D eigenvalue weighted by atomic mass is 16.7. The third-order valence-electron chi connectivity index (χ3n) is 3.84. The zero-order valence-corrected chi connectivity index (χ0v) is 11.1. The smallest absolute Gasteiger partial charge is 0.272 e. The minimum absolute atomic E-state index is 0.00551. The van der Waals surface area contributed by atoms with Crippen LogP contribution in [0.15, 0.2) is 18.3 Å². The van der Waals surface area contributed by atoms with Crippen LogP contribution < -0.4 is 0 Å². The number of piperidine rings is 1. The molecule has 3 heterocycles. The number of carbonyl (C=O) groups excluding carboxylic acids is 1. The fourth-order valence-electron chi connectivity index (χ4n) is 2.70. The van der Waals surface area contributed by atoms with Crippen LogP contribution in [-0.2, 0) is 9.47 Å². The van der Waals surface area contributed by atoms with Gasteiger partial charge in [-0.3, -0.25) is 9.78 Å². The Morgan fingerprint density at radius 2 is 2.00 bits per heavy atom. The average molecular weight is 262 g/mol. The van der Waals surface area contributed by atoms with Crippen LogP contribution in [0.2, 0.25) is 0 Å². The van der Waals surface area contributed by atoms with Crippen LogP contribution in [0.5, 0.6) is 0 Å². The number of rotatable bonds is 1. The first-order chi connectivity index (χ1) is 9.20. The van der Waals surface area contributed by atoms with Crippen LogP contribution in [0.1, 0.15) is 28.9 Å². The van der Waals surface area contributed by atoms with Gasteiger partial charge in [0.1, 0.15) is 5.69 Å². The highest BCUT2D eigenvalue weighted by Gasteiger charge is 2.41. The van der Waals surface area contributed by atoms with Crippen molar-refractivity contribution >= 4 is 5.91 Å². The van der Waals surface area contributed by atoms with Crippen molar-refractivity contribution in [3.05, 3.63) is 29.6 Å². The lowest BCUT2D eigenvalue weighted by molar-refractivity contribution is -0.181. The zero-order valence-electron chi connectivity index (χ0n) is 11.1. The van der Waals surface area contributed by atoms with Crippen LogP contribution in [0.4, 0.5) is 0 Å². The van der Waals surface area contributed by atoms with Crippen molar-refractivity contribution in [3.63, 3.8) is 0 Å². The molecule has 2 aliphatic rings. The van der Waals surface area contributed by atoms with Crippen molar-refractivity contribution in [1.82, 2.24) is 9.88 Å². The van der Waals surface area contributed by atoms with E-state index in [1.54, 1.807) is 6.20 Å². The van der Waals surface area contributed by atoms with E-state index < -0.39 is 5.79 Å². The molecule has 0 N–H and O–H groups in total. The third kappa shape index (κ3) is 2.35. The van der Waals surface area contributed by atoms with Crippen molar-refractivity contribution in [2.75, 3.05) is 26.3 Å². The molecule has 0 saturated carbocycles. The summed E-state index contributed by atoms with van der Waals surface area (Å²) < 4.78 is 11.3. The van der Waals surface area contributed by atoms with Gasteiger partial charge in [-0.25, -0.2) is 0 Å². The second-order valence-corrected chi connectivity index (χ2v) is 5.07. The molecule has 0 atom stereocenters. The molecule has 5 nitrogen and oxygen atoms in total. The Morgan fingerprint density at radius 3 is 2.63 bits per heavy atom. The van der Waals surface area contributed by atoms with E-state index in [1.165, 1.54) is 0 Å². The maximum absolute atomic E-state index is 12.4. The van der Waals surface area contributed by atoms with Gasteiger partial charge in [-0.1, -0.05) is 6.07 Å². The number of hydrogen-bond donors (Lipinski definition) is 0. The Balaban J connectivity index is 1.68. The number of amides is 1. The summed E-state index contributed by atoms with van der Waals surface area (Å²) in [6, 6.07) is 3.76. The molecule has 2 fully saturated rings. The van der Waals surface area contributed by atoms with Gasteiger partial charge in [-0.15, -0.1) is 0 Å². The average Bonchev–Trinajstić information content (AvgIpc) is 2.88. The van der Waals surface area contributed by atoms with Gasteiger partial charge < -0.3 is 14.4 Å². The molecule has 2 aliphatic heterocycles. The van der Waals surface area contributed by atoms with Crippen LogP contribution in [-0.4, -0.2) is 47.9 Å². The summed E-state index contributed by atoms with van der Waals surface area (Å²) in [4.78, 5) is 18.4. The molecule has 5 heteroatoms. The summed E-state index contributed by atoms with van der Waals surface area (Å²) in [6.45, 7) is 4.55. The number of pyridine rings is 1. The SMILES string of the molecule is Cc1cccnc1C(=O)N1CCC2(CC1)OCCO2. The van der Waals surface area contributed by atoms with Gasteiger partial charge in [0.2, 0.25) is 0 Å². The molecule has 1 spiro atoms. The van der Waals surface area contributed by atoms with Crippen molar-refractivity contribution in [1.29, 1.82) is 0 Å². The van der Waals surface area contributed by atoms with E-state index in [-0.39, 0.29) is 5.91 Å². The molecule has 1 aromatic rings. The Labute approximate surface area is 112 Å². The maximum Gasteiger partial charge on any atom is 0.272 e. The van der Waals surface area contributed by atoms with E-state index in [4.69, 9.17) is 9.47 Å². The molecule has 1 aromatic heterocycles. The second kappa shape index (κ2) is 4.90. The lowest BCUT2D eigenvalue weighted by Gasteiger charge is -2.37. The third-order valence-corrected chi connectivity index (χ3v) is 3.84. The van der Waals surface area contributed by atoms with Crippen molar-refractivity contribution in [3.8, 4) is 0 Å². The molecule has 0 radical (unpaired) electrons. The standard InChI is InChI=1S/C14H18N2O3/c1-11-3-2-6-15-12(11)13(17)16-7-4-14(5-8-16)18-9-10-19-14/h2-3,6H,4-5,7-10H2,1H3. The number of aromatic nitrogens is 1. The molecular formula is C14H18N2O3. The van der Waals surface area contributed by atoms with Gasteiger partial charge in [-0.2, -0.15) is 0 Å². The van der Waals surface area contributed by atoms with Crippen LogP contribution in [0.3, 0.4) is 0 Å². The van der Waals surface area contributed by atoms with Crippen molar-refractivity contribution in [2.45, 2.75) is 25.6 Å². The number of ether oxygens (including phenoxy) is 2. The number of likely N-dealkylation sites (tertiary alicyclic amines) is 1. The molecule has 102 valence electrons. The lowest BCUT2D eigenvalue weighted by Crippen LogP contribution is -2.47. The van der Waals surface area contributed by atoms with Crippen molar-refractivity contribution < 1.29 is 14.3 Å². The molecule has 0 aliphatic carbocycles. The summed E-state index contributed by atoms with van der Waals surface area (Å²) in [7, 11) is 0. The normalized spacial score (nSPS) is 21.8. The monoisotopic (exact) mass is 262 g/mol. The zero-order chi connectivity index (χ0) is 13.3. The first-order valence-electron chi connectivity index (χ1n) is 6.69. The predicted octanol–water partition coefficient (Wildman–Crippen LogP) is 1.37. The van der Waals surface area contributed by atoms with Gasteiger partial charge in [0, 0.05) is 32.1 Å². The molecule has 1 amide bonds. The fourth-order valence-corrected chi connectivity index (χ4v) is 2.70. The second-order valence-electron chi connectivity index (χ2n) is 5.07. The van der Waals surface area contributed by atoms with Crippen LogP contribution >= 0.6 is 0 Å². The largest absolute Gasteiger partial charge is 0.347 e. The fraction of sp³-hybridized carbons (Fsp3) is 0.571. The van der Waals surface area contributed by atoms with Crippen molar-refractivity contribution in [2.24, 2.45) is 0 Å². The van der Waals surface area contributed by atoms with E-state index in [2.05, 4.69) is 4.98 Å². The van der Waals surface area contributed by atoms with Gasteiger partial charge in [0.05, 0.1) is 13.2 Å². The van der Waals surface area contributed by atoms with Gasteiger partial charge in [-0.05, 0) is 18.6 Å². The molecule has 0 unspecified atom stereocenters. The summed E-state index contributed by atoms with van der Waals surface area (Å²) in [5.41, 5.74) is 1.47. The van der Waals surface area contributed by atoms with E-state index in [0.29, 0.717) is 32.0 Å². The summed E-state index contributed by atoms with van der Waals surface area (Å²) >= 11 is 0. The number of aryl methyl sites for hydroxylation is 1. The van der Waals surface area contributed by atoms with Crippen LogP contribution in [0.25, 0.3) is 0 Å². The van der Waals surface area contributed by atoms with Gasteiger partial charge in [0.25, 0.3) is 5.91 Å². The molecule has 19 heavy (non-hydrogen) atoms. The Hall–Kier alpha value is -1.46. The highest BCUT2D eigenvalue weighted by molar-refractivity contribution is 5.93. The minimum Gasteiger partial charge on any atom is -0.347 e. The Bertz CT molecular complexity index is 473. The quantitative estimate of drug-likeness (QED) is 0.767. The summed E-state index contributed by atoms with van der Waals surface area (Å²) in [6.07, 6.45) is 3.14. The number of carbonyl (C=O) groups is 1. The first kappa shape index (κ1) is 12.6. The topological polar surface area (TPSA) is 51.7 Å². The number of nitrogens with zero attached hydrogens (tertiary/aromatic N) is 2. The van der Waals surface area contributed by atoms with E-state index in [9.17, 15) is 4.79 Å². The lowest BCUT2D eigenvalue weighted by atomic mass is 10.0. The molecule has 2 saturated heterocycles. The minimum atomic E-state index is -0.435. The summed E-state index contributed by atoms with van der Waals surface area (Å²) in [5.74, 6) is -0.429. The van der Waals surface area contributed by atoms with Gasteiger partial charge in [0.15, 0.2) is 5.79 Å². The molecular weight excluding hydrogens is 244 g/mol. The number of hydrogen-bond acceptors (Lipinski definition) is 4. The molecule has 3 rings (SSSR count).